The third kappa shape index (κ3) is 2.07. The lowest BCUT2D eigenvalue weighted by Gasteiger charge is -2.02. The van der Waals surface area contributed by atoms with Crippen LogP contribution in [-0.2, 0) is 0 Å². The van der Waals surface area contributed by atoms with Crippen LogP contribution in [0.4, 0.5) is 0 Å². The zero-order chi connectivity index (χ0) is 11.0. The van der Waals surface area contributed by atoms with Gasteiger partial charge in [-0.15, -0.1) is 5.10 Å². The summed E-state index contributed by atoms with van der Waals surface area (Å²) in [4.78, 5) is 12.5. The summed E-state index contributed by atoms with van der Waals surface area (Å²) in [5.74, 6) is 0.503. The van der Waals surface area contributed by atoms with Gasteiger partial charge in [-0.1, -0.05) is 0 Å². The van der Waals surface area contributed by atoms with E-state index in [9.17, 15) is 0 Å². The van der Waals surface area contributed by atoms with Gasteiger partial charge in [0.15, 0.2) is 0 Å². The van der Waals surface area contributed by atoms with E-state index in [1.807, 2.05) is 13.8 Å². The number of nitrogens with zero attached hydrogens (tertiary/aromatic N) is 5. The Labute approximate surface area is 103 Å². The van der Waals surface area contributed by atoms with Crippen molar-refractivity contribution in [2.45, 2.75) is 13.8 Å². The minimum absolute atomic E-state index is 0.496. The van der Waals surface area contributed by atoms with E-state index >= 15 is 0 Å². The molecule has 15 heavy (non-hydrogen) atoms. The van der Waals surface area contributed by atoms with Crippen LogP contribution in [0.15, 0.2) is 15.7 Å². The maximum absolute atomic E-state index is 4.32. The molecule has 0 spiro atoms. The van der Waals surface area contributed by atoms with Crippen LogP contribution < -0.4 is 0 Å². The third-order valence-corrected chi connectivity index (χ3v) is 2.79. The Hall–Kier alpha value is -0.820. The van der Waals surface area contributed by atoms with E-state index < -0.39 is 0 Å². The fourth-order valence-electron chi connectivity index (χ4n) is 1.01. The van der Waals surface area contributed by atoms with Gasteiger partial charge in [-0.05, 0) is 51.3 Å². The summed E-state index contributed by atoms with van der Waals surface area (Å²) in [6.45, 7) is 3.89. The quantitative estimate of drug-likeness (QED) is 0.803. The summed E-state index contributed by atoms with van der Waals surface area (Å²) >= 11 is 6.46. The molecule has 0 saturated carbocycles. The minimum Gasteiger partial charge on any atom is -0.219 e. The predicted molar refractivity (Wildman–Crippen MR) is 61.8 cm³/mol. The predicted octanol–water partition coefficient (Wildman–Crippen LogP) is 2.20. The van der Waals surface area contributed by atoms with Crippen molar-refractivity contribution >= 4 is 31.9 Å². The van der Waals surface area contributed by atoms with Crippen molar-refractivity contribution in [1.82, 2.24) is 24.7 Å². The maximum Gasteiger partial charge on any atom is 0.253 e. The average molecular weight is 333 g/mol. The summed E-state index contributed by atoms with van der Waals surface area (Å²) in [5.41, 5.74) is 1.98. The fourth-order valence-corrected chi connectivity index (χ4v) is 1.98. The minimum atomic E-state index is 0.496. The summed E-state index contributed by atoms with van der Waals surface area (Å²) in [6.07, 6.45) is 1.76. The highest BCUT2D eigenvalue weighted by Gasteiger charge is 2.10. The second-order valence-electron chi connectivity index (χ2n) is 3.00. The molecule has 2 aromatic rings. The van der Waals surface area contributed by atoms with Crippen LogP contribution in [0, 0.1) is 13.8 Å². The Kier molecular flexibility index (Phi) is 2.83. The van der Waals surface area contributed by atoms with Crippen LogP contribution >= 0.6 is 31.9 Å². The molecule has 0 bridgehead atoms. The molecule has 0 N–H and O–H groups in total. The van der Waals surface area contributed by atoms with E-state index in [1.165, 1.54) is 4.68 Å². The van der Waals surface area contributed by atoms with Crippen LogP contribution in [0.1, 0.15) is 11.3 Å². The first-order valence-corrected chi connectivity index (χ1v) is 5.75. The molecule has 0 aliphatic heterocycles. The Morgan fingerprint density at radius 1 is 1.20 bits per heavy atom. The highest BCUT2D eigenvalue weighted by atomic mass is 79.9. The molecule has 7 heteroatoms. The molecule has 0 saturated heterocycles. The number of halogens is 2. The molecule has 0 aliphatic carbocycles. The molecule has 78 valence electrons. The van der Waals surface area contributed by atoms with E-state index in [0.717, 1.165) is 11.3 Å². The second-order valence-corrected chi connectivity index (χ2v) is 4.42. The lowest BCUT2D eigenvalue weighted by Crippen LogP contribution is -2.05. The molecule has 0 atom stereocenters. The van der Waals surface area contributed by atoms with Crippen molar-refractivity contribution in [3.63, 3.8) is 0 Å². The van der Waals surface area contributed by atoms with Gasteiger partial charge in [0.2, 0.25) is 9.47 Å². The standard InChI is InChI=1S/C8H7Br2N5/c1-4-3-11-8(12-5(4)2)15-7(10)13-6(9)14-15/h3H,1-2H3. The number of hydrogen-bond acceptors (Lipinski definition) is 4. The Bertz CT molecular complexity index is 508. The molecular formula is C8H7Br2N5. The van der Waals surface area contributed by atoms with Crippen LogP contribution in [0.3, 0.4) is 0 Å². The van der Waals surface area contributed by atoms with Gasteiger partial charge in [0, 0.05) is 11.9 Å². The van der Waals surface area contributed by atoms with Gasteiger partial charge >= 0.3 is 0 Å². The molecule has 0 aromatic carbocycles. The first kappa shape index (κ1) is 10.7. The van der Waals surface area contributed by atoms with Crippen LogP contribution in [-0.4, -0.2) is 24.7 Å². The highest BCUT2D eigenvalue weighted by Crippen LogP contribution is 2.15. The first-order valence-electron chi connectivity index (χ1n) is 4.16. The van der Waals surface area contributed by atoms with E-state index in [4.69, 9.17) is 0 Å². The summed E-state index contributed by atoms with van der Waals surface area (Å²) in [5, 5.41) is 4.10. The molecule has 0 fully saturated rings. The zero-order valence-electron chi connectivity index (χ0n) is 8.07. The van der Waals surface area contributed by atoms with Crippen molar-refractivity contribution in [2.24, 2.45) is 0 Å². The van der Waals surface area contributed by atoms with E-state index in [0.29, 0.717) is 15.4 Å². The number of aromatic nitrogens is 5. The molecule has 0 aliphatic rings. The maximum atomic E-state index is 4.32. The van der Waals surface area contributed by atoms with Crippen molar-refractivity contribution in [1.29, 1.82) is 0 Å². The fraction of sp³-hybridized carbons (Fsp3) is 0.250. The average Bonchev–Trinajstić information content (AvgIpc) is 2.50. The molecular weight excluding hydrogens is 326 g/mol. The van der Waals surface area contributed by atoms with Crippen molar-refractivity contribution in [3.05, 3.63) is 26.9 Å². The van der Waals surface area contributed by atoms with Crippen molar-refractivity contribution in [3.8, 4) is 5.95 Å². The topological polar surface area (TPSA) is 56.5 Å². The van der Waals surface area contributed by atoms with Crippen LogP contribution in [0.5, 0.6) is 0 Å². The lowest BCUT2D eigenvalue weighted by atomic mass is 10.3. The van der Waals surface area contributed by atoms with Crippen LogP contribution in [0.2, 0.25) is 0 Å². The van der Waals surface area contributed by atoms with E-state index in [1.54, 1.807) is 6.20 Å². The van der Waals surface area contributed by atoms with Gasteiger partial charge < -0.3 is 0 Å². The van der Waals surface area contributed by atoms with Gasteiger partial charge in [-0.3, -0.25) is 0 Å². The molecule has 0 radical (unpaired) electrons. The SMILES string of the molecule is Cc1cnc(-n2nc(Br)nc2Br)nc1C. The molecule has 2 heterocycles. The molecule has 2 rings (SSSR count). The van der Waals surface area contributed by atoms with Gasteiger partial charge in [0.25, 0.3) is 5.95 Å². The number of aryl methyl sites for hydroxylation is 2. The highest BCUT2D eigenvalue weighted by molar-refractivity contribution is 9.11. The summed E-state index contributed by atoms with van der Waals surface area (Å²) in [7, 11) is 0. The lowest BCUT2D eigenvalue weighted by molar-refractivity contribution is 0.775. The largest absolute Gasteiger partial charge is 0.253 e. The van der Waals surface area contributed by atoms with Crippen molar-refractivity contribution in [2.75, 3.05) is 0 Å². The molecule has 2 aromatic heterocycles. The monoisotopic (exact) mass is 331 g/mol. The smallest absolute Gasteiger partial charge is 0.219 e. The van der Waals surface area contributed by atoms with Gasteiger partial charge in [-0.25, -0.2) is 9.97 Å². The first-order chi connectivity index (χ1) is 7.08. The van der Waals surface area contributed by atoms with Crippen molar-refractivity contribution < 1.29 is 0 Å². The normalized spacial score (nSPS) is 10.7. The molecule has 0 amide bonds. The summed E-state index contributed by atoms with van der Waals surface area (Å²) in [6, 6.07) is 0. The second kappa shape index (κ2) is 3.97. The third-order valence-electron chi connectivity index (χ3n) is 1.94. The van der Waals surface area contributed by atoms with E-state index in [-0.39, 0.29) is 0 Å². The molecule has 5 nitrogen and oxygen atoms in total. The zero-order valence-corrected chi connectivity index (χ0v) is 11.2. The molecule has 0 unspecified atom stereocenters. The van der Waals surface area contributed by atoms with Gasteiger partial charge in [0.05, 0.1) is 0 Å². The van der Waals surface area contributed by atoms with Gasteiger partial charge in [0.1, 0.15) is 0 Å². The Morgan fingerprint density at radius 2 is 1.93 bits per heavy atom. The summed E-state index contributed by atoms with van der Waals surface area (Å²) < 4.78 is 2.59. The Morgan fingerprint density at radius 3 is 2.47 bits per heavy atom. The Balaban J connectivity index is 2.54. The number of rotatable bonds is 1. The van der Waals surface area contributed by atoms with Gasteiger partial charge in [-0.2, -0.15) is 9.67 Å². The van der Waals surface area contributed by atoms with E-state index in [2.05, 4.69) is 51.9 Å². The van der Waals surface area contributed by atoms with Crippen LogP contribution in [0.25, 0.3) is 5.95 Å². The number of hydrogen-bond donors (Lipinski definition) is 0.